The smallest absolute Gasteiger partial charge is 0.254 e. The summed E-state index contributed by atoms with van der Waals surface area (Å²) in [6.07, 6.45) is 1.09. The number of aromatic nitrogens is 1. The van der Waals surface area contributed by atoms with E-state index in [1.54, 1.807) is 24.2 Å². The molecule has 1 aromatic heterocycles. The molecule has 0 radical (unpaired) electrons. The molecule has 2 atom stereocenters. The number of amides is 1. The van der Waals surface area contributed by atoms with Crippen LogP contribution in [0.3, 0.4) is 0 Å². The first-order valence-electron chi connectivity index (χ1n) is 6.23. The summed E-state index contributed by atoms with van der Waals surface area (Å²) in [7, 11) is 1.63. The van der Waals surface area contributed by atoms with E-state index in [-0.39, 0.29) is 30.3 Å². The largest absolute Gasteiger partial charge is 0.394 e. The molecule has 1 aliphatic rings. The molecule has 0 spiro atoms. The number of hydrogen-bond acceptors (Lipinski definition) is 4. The van der Waals surface area contributed by atoms with E-state index in [1.165, 1.54) is 10.6 Å². The molecule has 19 heavy (non-hydrogen) atoms. The summed E-state index contributed by atoms with van der Waals surface area (Å²) >= 11 is 0. The van der Waals surface area contributed by atoms with E-state index in [0.717, 1.165) is 0 Å². The third-order valence-electron chi connectivity index (χ3n) is 3.17. The minimum Gasteiger partial charge on any atom is -0.394 e. The molecule has 0 bridgehead atoms. The number of hydrogen-bond donors (Lipinski definition) is 1. The maximum absolute atomic E-state index is 12.3. The molecule has 1 aromatic rings. The Bertz CT molecular complexity index is 526. The van der Waals surface area contributed by atoms with Gasteiger partial charge in [0.2, 0.25) is 0 Å². The van der Waals surface area contributed by atoms with Gasteiger partial charge < -0.3 is 19.3 Å². The van der Waals surface area contributed by atoms with Crippen molar-refractivity contribution >= 4 is 5.91 Å². The predicted octanol–water partition coefficient (Wildman–Crippen LogP) is -0.393. The Morgan fingerprint density at radius 2 is 2.26 bits per heavy atom. The normalized spacial score (nSPS) is 23.4. The van der Waals surface area contributed by atoms with Gasteiger partial charge in [-0.05, 0) is 13.0 Å². The molecule has 2 heterocycles. The van der Waals surface area contributed by atoms with E-state index in [9.17, 15) is 9.59 Å². The lowest BCUT2D eigenvalue weighted by Gasteiger charge is -2.36. The monoisotopic (exact) mass is 266 g/mol. The van der Waals surface area contributed by atoms with E-state index in [1.807, 2.05) is 6.92 Å². The SMILES string of the molecule is CC1CN(C(=O)c2ccn(C)c(=O)c2)CC(CO)O1. The number of pyridine rings is 1. The van der Waals surface area contributed by atoms with Crippen LogP contribution in [0.2, 0.25) is 0 Å². The van der Waals surface area contributed by atoms with Crippen molar-refractivity contribution in [2.24, 2.45) is 7.05 Å². The van der Waals surface area contributed by atoms with Crippen LogP contribution >= 0.6 is 0 Å². The summed E-state index contributed by atoms with van der Waals surface area (Å²) < 4.78 is 6.90. The average molecular weight is 266 g/mol. The van der Waals surface area contributed by atoms with Crippen molar-refractivity contribution in [3.05, 3.63) is 34.2 Å². The number of nitrogens with zero attached hydrogens (tertiary/aromatic N) is 2. The first kappa shape index (κ1) is 13.8. The zero-order valence-corrected chi connectivity index (χ0v) is 11.1. The number of rotatable bonds is 2. The molecular weight excluding hydrogens is 248 g/mol. The van der Waals surface area contributed by atoms with Crippen molar-refractivity contribution in [2.45, 2.75) is 19.1 Å². The molecular formula is C13H18N2O4. The number of morpholine rings is 1. The van der Waals surface area contributed by atoms with Gasteiger partial charge in [-0.25, -0.2) is 0 Å². The van der Waals surface area contributed by atoms with Gasteiger partial charge in [0, 0.05) is 38.0 Å². The fourth-order valence-corrected chi connectivity index (χ4v) is 2.18. The van der Waals surface area contributed by atoms with Gasteiger partial charge in [-0.3, -0.25) is 9.59 Å². The van der Waals surface area contributed by atoms with Crippen LogP contribution in [0.1, 0.15) is 17.3 Å². The molecule has 1 fully saturated rings. The van der Waals surface area contributed by atoms with Gasteiger partial charge in [0.15, 0.2) is 0 Å². The third-order valence-corrected chi connectivity index (χ3v) is 3.17. The molecule has 0 aromatic carbocycles. The van der Waals surface area contributed by atoms with Crippen LogP contribution in [0.25, 0.3) is 0 Å². The molecule has 1 saturated heterocycles. The van der Waals surface area contributed by atoms with E-state index in [4.69, 9.17) is 9.84 Å². The van der Waals surface area contributed by atoms with E-state index in [2.05, 4.69) is 0 Å². The highest BCUT2D eigenvalue weighted by molar-refractivity contribution is 5.94. The summed E-state index contributed by atoms with van der Waals surface area (Å²) in [5, 5.41) is 9.14. The highest BCUT2D eigenvalue weighted by Gasteiger charge is 2.28. The van der Waals surface area contributed by atoms with E-state index < -0.39 is 0 Å². The maximum Gasteiger partial charge on any atom is 0.254 e. The molecule has 1 amide bonds. The zero-order chi connectivity index (χ0) is 14.0. The maximum atomic E-state index is 12.3. The van der Waals surface area contributed by atoms with Gasteiger partial charge in [-0.2, -0.15) is 0 Å². The molecule has 1 aliphatic heterocycles. The van der Waals surface area contributed by atoms with Crippen LogP contribution in [0, 0.1) is 0 Å². The zero-order valence-electron chi connectivity index (χ0n) is 11.1. The van der Waals surface area contributed by atoms with Crippen molar-refractivity contribution in [1.29, 1.82) is 0 Å². The fraction of sp³-hybridized carbons (Fsp3) is 0.538. The number of ether oxygens (including phenoxy) is 1. The highest BCUT2D eigenvalue weighted by atomic mass is 16.5. The molecule has 104 valence electrons. The first-order valence-corrected chi connectivity index (χ1v) is 6.23. The Morgan fingerprint density at radius 3 is 2.89 bits per heavy atom. The van der Waals surface area contributed by atoms with Gasteiger partial charge in [0.25, 0.3) is 11.5 Å². The van der Waals surface area contributed by atoms with Crippen LogP contribution in [0.4, 0.5) is 0 Å². The Kier molecular flexibility index (Phi) is 4.01. The number of aryl methyl sites for hydroxylation is 1. The number of carbonyl (C=O) groups is 1. The Hall–Kier alpha value is -1.66. The average Bonchev–Trinajstić information content (AvgIpc) is 2.40. The topological polar surface area (TPSA) is 71.8 Å². The lowest BCUT2D eigenvalue weighted by atomic mass is 10.1. The Labute approximate surface area is 111 Å². The number of aliphatic hydroxyl groups is 1. The molecule has 2 rings (SSSR count). The molecule has 1 N–H and O–H groups in total. The summed E-state index contributed by atoms with van der Waals surface area (Å²) in [6.45, 7) is 2.54. The molecule has 6 heteroatoms. The minimum atomic E-state index is -0.362. The highest BCUT2D eigenvalue weighted by Crippen LogP contribution is 2.13. The minimum absolute atomic E-state index is 0.120. The summed E-state index contributed by atoms with van der Waals surface area (Å²) in [4.78, 5) is 25.5. The summed E-state index contributed by atoms with van der Waals surface area (Å²) in [5.74, 6) is -0.202. The van der Waals surface area contributed by atoms with Gasteiger partial charge >= 0.3 is 0 Å². The van der Waals surface area contributed by atoms with Gasteiger partial charge in [-0.15, -0.1) is 0 Å². The van der Waals surface area contributed by atoms with Crippen LogP contribution < -0.4 is 5.56 Å². The van der Waals surface area contributed by atoms with Crippen LogP contribution in [-0.2, 0) is 11.8 Å². The van der Waals surface area contributed by atoms with Gasteiger partial charge in [-0.1, -0.05) is 0 Å². The van der Waals surface area contributed by atoms with E-state index >= 15 is 0 Å². The summed E-state index contributed by atoms with van der Waals surface area (Å²) in [5.41, 5.74) is 0.153. The van der Waals surface area contributed by atoms with E-state index in [0.29, 0.717) is 18.7 Å². The van der Waals surface area contributed by atoms with Gasteiger partial charge in [0.05, 0.1) is 18.8 Å². The number of aliphatic hydroxyl groups excluding tert-OH is 1. The number of carbonyl (C=O) groups excluding carboxylic acids is 1. The fourth-order valence-electron chi connectivity index (χ4n) is 2.18. The third kappa shape index (κ3) is 3.02. The molecule has 0 saturated carbocycles. The second-order valence-corrected chi connectivity index (χ2v) is 4.83. The van der Waals surface area contributed by atoms with Crippen LogP contribution in [-0.4, -0.2) is 52.4 Å². The molecule has 6 nitrogen and oxygen atoms in total. The van der Waals surface area contributed by atoms with Gasteiger partial charge in [0.1, 0.15) is 0 Å². The second-order valence-electron chi connectivity index (χ2n) is 4.83. The van der Waals surface area contributed by atoms with Crippen LogP contribution in [0.5, 0.6) is 0 Å². The Morgan fingerprint density at radius 1 is 1.53 bits per heavy atom. The molecule has 0 aliphatic carbocycles. The first-order chi connectivity index (χ1) is 9.01. The second kappa shape index (κ2) is 5.54. The summed E-state index contributed by atoms with van der Waals surface area (Å²) in [6, 6.07) is 2.95. The lowest BCUT2D eigenvalue weighted by Crippen LogP contribution is -2.50. The quantitative estimate of drug-likeness (QED) is 0.791. The molecule has 2 unspecified atom stereocenters. The predicted molar refractivity (Wildman–Crippen MR) is 69.0 cm³/mol. The standard InChI is InChI=1S/C13H18N2O4/c1-9-6-15(7-11(8-16)19-9)13(18)10-3-4-14(2)12(17)5-10/h3-5,9,11,16H,6-8H2,1-2H3. The van der Waals surface area contributed by atoms with Crippen LogP contribution in [0.15, 0.2) is 23.1 Å². The van der Waals surface area contributed by atoms with Crippen molar-refractivity contribution in [3.8, 4) is 0 Å². The van der Waals surface area contributed by atoms with Crippen molar-refractivity contribution in [1.82, 2.24) is 9.47 Å². The van der Waals surface area contributed by atoms with Crippen molar-refractivity contribution in [2.75, 3.05) is 19.7 Å². The van der Waals surface area contributed by atoms with Crippen molar-refractivity contribution < 1.29 is 14.6 Å². The lowest BCUT2D eigenvalue weighted by molar-refractivity contribution is -0.0858. The van der Waals surface area contributed by atoms with Crippen molar-refractivity contribution in [3.63, 3.8) is 0 Å². The Balaban J connectivity index is 2.18.